The summed E-state index contributed by atoms with van der Waals surface area (Å²) < 4.78 is 4.81. The van der Waals surface area contributed by atoms with Gasteiger partial charge in [0.05, 0.1) is 35.6 Å². The van der Waals surface area contributed by atoms with E-state index in [1.54, 1.807) is 12.3 Å². The summed E-state index contributed by atoms with van der Waals surface area (Å²) in [5.74, 6) is -0.543. The zero-order valence-electron chi connectivity index (χ0n) is 19.7. The van der Waals surface area contributed by atoms with Crippen LogP contribution >= 0.6 is 0 Å². The van der Waals surface area contributed by atoms with Gasteiger partial charge in [-0.15, -0.1) is 0 Å². The summed E-state index contributed by atoms with van der Waals surface area (Å²) in [6.45, 7) is 4.59. The van der Waals surface area contributed by atoms with Crippen LogP contribution in [0.1, 0.15) is 50.4 Å². The molecule has 0 unspecified atom stereocenters. The molecule has 4 aromatic rings. The number of aromatic nitrogens is 2. The van der Waals surface area contributed by atoms with E-state index in [4.69, 9.17) is 9.72 Å². The maximum atomic E-state index is 13.2. The minimum Gasteiger partial charge on any atom is -0.465 e. The van der Waals surface area contributed by atoms with Crippen molar-refractivity contribution in [2.75, 3.05) is 14.2 Å². The number of para-hydroxylation sites is 1. The summed E-state index contributed by atoms with van der Waals surface area (Å²) in [7, 11) is 3.23. The third-order valence-electron chi connectivity index (χ3n) is 5.87. The molecule has 7 heteroatoms. The Labute approximate surface area is 198 Å². The molecular weight excluding hydrogens is 428 g/mol. The molecule has 0 bridgehead atoms. The van der Waals surface area contributed by atoms with Crippen molar-refractivity contribution < 1.29 is 14.3 Å². The smallest absolute Gasteiger partial charge is 0.339 e. The fourth-order valence-electron chi connectivity index (χ4n) is 4.06. The van der Waals surface area contributed by atoms with Crippen molar-refractivity contribution in [1.29, 1.82) is 0 Å². The fourth-order valence-corrected chi connectivity index (χ4v) is 4.06. The lowest BCUT2D eigenvalue weighted by molar-refractivity contribution is 0.0600. The van der Waals surface area contributed by atoms with E-state index in [0.29, 0.717) is 29.1 Å². The molecule has 3 N–H and O–H groups in total. The van der Waals surface area contributed by atoms with Crippen LogP contribution in [-0.2, 0) is 11.3 Å². The Kier molecular flexibility index (Phi) is 6.75. The largest absolute Gasteiger partial charge is 0.465 e. The fraction of sp³-hybridized carbons (Fsp3) is 0.222. The number of carbonyl (C=O) groups excluding carboxylic acids is 2. The monoisotopic (exact) mass is 456 g/mol. The third-order valence-corrected chi connectivity index (χ3v) is 5.87. The number of amides is 1. The minimum absolute atomic E-state index is 0.127. The van der Waals surface area contributed by atoms with E-state index >= 15 is 0 Å². The number of nitrogens with one attached hydrogen (secondary N) is 3. The minimum atomic E-state index is -0.417. The van der Waals surface area contributed by atoms with Gasteiger partial charge < -0.3 is 20.4 Å². The highest BCUT2D eigenvalue weighted by Crippen LogP contribution is 2.29. The van der Waals surface area contributed by atoms with Gasteiger partial charge in [0.25, 0.3) is 5.91 Å². The van der Waals surface area contributed by atoms with Crippen molar-refractivity contribution in [3.63, 3.8) is 0 Å². The van der Waals surface area contributed by atoms with Crippen molar-refractivity contribution in [3.8, 4) is 11.4 Å². The third kappa shape index (κ3) is 4.70. The average Bonchev–Trinajstić information content (AvgIpc) is 3.34. The van der Waals surface area contributed by atoms with Gasteiger partial charge in [0.15, 0.2) is 0 Å². The molecule has 4 rings (SSSR count). The number of hydrogen-bond donors (Lipinski definition) is 3. The van der Waals surface area contributed by atoms with Crippen LogP contribution in [0.15, 0.2) is 60.8 Å². The number of H-pyrrole nitrogens is 1. The van der Waals surface area contributed by atoms with E-state index < -0.39 is 5.97 Å². The number of hydrogen-bond acceptors (Lipinski definition) is 5. The van der Waals surface area contributed by atoms with Gasteiger partial charge >= 0.3 is 5.97 Å². The SMILES string of the molecule is CNCc1ccc(C)c(C(=O)N[C@H](C)c2cc(-c3cc(C(=O)OC)c[nH]3)nc3ccccc23)c1. The number of ether oxygens (including phenoxy) is 1. The van der Waals surface area contributed by atoms with Gasteiger partial charge in [0.2, 0.25) is 0 Å². The first-order valence-electron chi connectivity index (χ1n) is 11.1. The van der Waals surface area contributed by atoms with Crippen molar-refractivity contribution in [1.82, 2.24) is 20.6 Å². The first-order chi connectivity index (χ1) is 16.4. The number of pyridine rings is 1. The van der Waals surface area contributed by atoms with Crippen LogP contribution < -0.4 is 10.6 Å². The van der Waals surface area contributed by atoms with Crippen LogP contribution in [0.5, 0.6) is 0 Å². The molecule has 2 heterocycles. The topological polar surface area (TPSA) is 96.1 Å². The van der Waals surface area contributed by atoms with Crippen LogP contribution in [0.2, 0.25) is 0 Å². The molecule has 1 amide bonds. The van der Waals surface area contributed by atoms with E-state index in [1.165, 1.54) is 7.11 Å². The molecule has 0 spiro atoms. The molecular formula is C27H28N4O3. The highest BCUT2D eigenvalue weighted by atomic mass is 16.5. The first-order valence-corrected chi connectivity index (χ1v) is 11.1. The molecule has 0 saturated heterocycles. The van der Waals surface area contributed by atoms with Crippen LogP contribution in [0.3, 0.4) is 0 Å². The van der Waals surface area contributed by atoms with Gasteiger partial charge in [0.1, 0.15) is 0 Å². The molecule has 2 aromatic carbocycles. The quantitative estimate of drug-likeness (QED) is 0.355. The van der Waals surface area contributed by atoms with Gasteiger partial charge in [-0.05, 0) is 61.9 Å². The van der Waals surface area contributed by atoms with E-state index in [-0.39, 0.29) is 11.9 Å². The Morgan fingerprint density at radius 3 is 2.68 bits per heavy atom. The molecule has 0 aliphatic rings. The maximum absolute atomic E-state index is 13.2. The zero-order valence-corrected chi connectivity index (χ0v) is 19.7. The number of methoxy groups -OCH3 is 1. The maximum Gasteiger partial charge on any atom is 0.339 e. The van der Waals surface area contributed by atoms with Crippen LogP contribution in [0.25, 0.3) is 22.3 Å². The van der Waals surface area contributed by atoms with Crippen molar-refractivity contribution in [3.05, 3.63) is 88.6 Å². The second-order valence-corrected chi connectivity index (χ2v) is 8.28. The molecule has 0 radical (unpaired) electrons. The Hall–Kier alpha value is -3.97. The molecule has 1 atom stereocenters. The van der Waals surface area contributed by atoms with E-state index in [1.807, 2.05) is 69.4 Å². The molecule has 0 fully saturated rings. The van der Waals surface area contributed by atoms with Gasteiger partial charge in [-0.1, -0.05) is 30.3 Å². The number of rotatable bonds is 7. The number of nitrogens with zero attached hydrogens (tertiary/aromatic N) is 1. The predicted octanol–water partition coefficient (Wildman–Crippen LogP) is 4.54. The van der Waals surface area contributed by atoms with Crippen molar-refractivity contribution in [2.45, 2.75) is 26.4 Å². The Morgan fingerprint density at radius 2 is 1.91 bits per heavy atom. The summed E-state index contributed by atoms with van der Waals surface area (Å²) in [5, 5.41) is 7.23. The lowest BCUT2D eigenvalue weighted by atomic mass is 9.99. The number of carbonyl (C=O) groups is 2. The van der Waals surface area contributed by atoms with Gasteiger partial charge in [-0.2, -0.15) is 0 Å². The average molecular weight is 457 g/mol. The van der Waals surface area contributed by atoms with E-state index in [0.717, 1.165) is 27.6 Å². The molecule has 2 aromatic heterocycles. The van der Waals surface area contributed by atoms with Crippen LogP contribution in [0, 0.1) is 6.92 Å². The number of aromatic amines is 1. The van der Waals surface area contributed by atoms with E-state index in [2.05, 4.69) is 15.6 Å². The van der Waals surface area contributed by atoms with Crippen LogP contribution in [-0.4, -0.2) is 36.0 Å². The second-order valence-electron chi connectivity index (χ2n) is 8.28. The Balaban J connectivity index is 1.69. The summed E-state index contributed by atoms with van der Waals surface area (Å²) in [4.78, 5) is 33.0. The molecule has 7 nitrogen and oxygen atoms in total. The Bertz CT molecular complexity index is 1360. The summed E-state index contributed by atoms with van der Waals surface area (Å²) in [5.41, 5.74) is 6.17. The van der Waals surface area contributed by atoms with E-state index in [9.17, 15) is 9.59 Å². The zero-order chi connectivity index (χ0) is 24.2. The van der Waals surface area contributed by atoms with Gasteiger partial charge in [-0.25, -0.2) is 9.78 Å². The summed E-state index contributed by atoms with van der Waals surface area (Å²) in [6.07, 6.45) is 1.60. The van der Waals surface area contributed by atoms with Gasteiger partial charge in [-0.3, -0.25) is 4.79 Å². The molecule has 0 aliphatic carbocycles. The lowest BCUT2D eigenvalue weighted by Crippen LogP contribution is -2.27. The van der Waals surface area contributed by atoms with Gasteiger partial charge in [0, 0.05) is 23.7 Å². The number of benzene rings is 2. The second kappa shape index (κ2) is 9.89. The molecule has 174 valence electrons. The summed E-state index contributed by atoms with van der Waals surface area (Å²) >= 11 is 0. The molecule has 0 saturated carbocycles. The lowest BCUT2D eigenvalue weighted by Gasteiger charge is -2.19. The normalized spacial score (nSPS) is 11.9. The first kappa shape index (κ1) is 23.2. The van der Waals surface area contributed by atoms with Crippen molar-refractivity contribution >= 4 is 22.8 Å². The molecule has 0 aliphatic heterocycles. The molecule has 34 heavy (non-hydrogen) atoms. The van der Waals surface area contributed by atoms with Crippen LogP contribution in [0.4, 0.5) is 0 Å². The van der Waals surface area contributed by atoms with Crippen molar-refractivity contribution in [2.24, 2.45) is 0 Å². The number of esters is 1. The standard InChI is InChI=1S/C27H28N4O3/c1-16-9-10-18(14-28-3)11-21(16)26(32)30-17(2)22-13-25(31-23-8-6-5-7-20(22)23)24-12-19(15-29-24)27(33)34-4/h5-13,15,17,28-29H,14H2,1-4H3,(H,30,32)/t17-/m1/s1. The highest BCUT2D eigenvalue weighted by Gasteiger charge is 2.19. The highest BCUT2D eigenvalue weighted by molar-refractivity contribution is 5.96. The Morgan fingerprint density at radius 1 is 1.12 bits per heavy atom. The summed E-state index contributed by atoms with van der Waals surface area (Å²) in [6, 6.07) is 17.1. The predicted molar refractivity (Wildman–Crippen MR) is 133 cm³/mol. The number of fused-ring (bicyclic) bond motifs is 1. The number of aryl methyl sites for hydroxylation is 1.